The van der Waals surface area contributed by atoms with Gasteiger partial charge in [-0.1, -0.05) is 49.6 Å². The Labute approximate surface area is 185 Å². The lowest BCUT2D eigenvalue weighted by molar-refractivity contribution is -0.140. The van der Waals surface area contributed by atoms with Crippen LogP contribution in [0.15, 0.2) is 24.3 Å². The van der Waals surface area contributed by atoms with E-state index in [1.807, 2.05) is 31.2 Å². The van der Waals surface area contributed by atoms with Crippen molar-refractivity contribution in [1.29, 1.82) is 0 Å². The van der Waals surface area contributed by atoms with Crippen molar-refractivity contribution >= 4 is 17.9 Å². The van der Waals surface area contributed by atoms with E-state index in [2.05, 4.69) is 17.6 Å². The fourth-order valence-corrected chi connectivity index (χ4v) is 3.43. The zero-order valence-electron chi connectivity index (χ0n) is 19.5. The molecule has 7 heteroatoms. The van der Waals surface area contributed by atoms with Crippen LogP contribution in [0.25, 0.3) is 0 Å². The molecule has 1 unspecified atom stereocenters. The standard InChI is InChI=1S/C24H37N3O4/c1-6-7-8-14-25-22(29)21(18-11-9-10-17(2)15-18)27(19-12-13-19)20(28)16-26-23(30)31-24(3,4)5/h9-11,15,19,21H,6-8,12-14,16H2,1-5H3,(H,25,29)(H,26,30). The highest BCUT2D eigenvalue weighted by Crippen LogP contribution is 2.35. The Morgan fingerprint density at radius 2 is 1.87 bits per heavy atom. The highest BCUT2D eigenvalue weighted by molar-refractivity contribution is 5.90. The van der Waals surface area contributed by atoms with Gasteiger partial charge in [-0.25, -0.2) is 4.79 Å². The molecule has 1 fully saturated rings. The van der Waals surface area contributed by atoms with Crippen LogP contribution >= 0.6 is 0 Å². The molecule has 1 aliphatic rings. The SMILES string of the molecule is CCCCCNC(=O)C(c1cccc(C)c1)N(C(=O)CNC(=O)OC(C)(C)C)C1CC1. The number of amides is 3. The first-order valence-corrected chi connectivity index (χ1v) is 11.2. The number of benzene rings is 1. The molecule has 1 atom stereocenters. The number of carbonyl (C=O) groups excluding carboxylic acids is 3. The van der Waals surface area contributed by atoms with Crippen LogP contribution in [0.1, 0.15) is 77.0 Å². The van der Waals surface area contributed by atoms with Gasteiger partial charge in [0, 0.05) is 12.6 Å². The first-order chi connectivity index (χ1) is 14.6. The minimum Gasteiger partial charge on any atom is -0.444 e. The largest absolute Gasteiger partial charge is 0.444 e. The molecule has 7 nitrogen and oxygen atoms in total. The summed E-state index contributed by atoms with van der Waals surface area (Å²) in [5, 5.41) is 5.54. The maximum atomic E-state index is 13.2. The number of hydrogen-bond acceptors (Lipinski definition) is 4. The predicted octanol–water partition coefficient (Wildman–Crippen LogP) is 3.86. The Hall–Kier alpha value is -2.57. The van der Waals surface area contributed by atoms with Crippen LogP contribution in [0.3, 0.4) is 0 Å². The Balaban J connectivity index is 2.18. The molecule has 2 N–H and O–H groups in total. The highest BCUT2D eigenvalue weighted by atomic mass is 16.6. The number of unbranched alkanes of at least 4 members (excludes halogenated alkanes) is 2. The van der Waals surface area contributed by atoms with Crippen molar-refractivity contribution < 1.29 is 19.1 Å². The smallest absolute Gasteiger partial charge is 0.408 e. The molecule has 0 heterocycles. The van der Waals surface area contributed by atoms with Crippen molar-refractivity contribution in [3.05, 3.63) is 35.4 Å². The third-order valence-electron chi connectivity index (χ3n) is 4.98. The number of alkyl carbamates (subject to hydrolysis) is 1. The van der Waals surface area contributed by atoms with E-state index in [1.54, 1.807) is 25.7 Å². The van der Waals surface area contributed by atoms with Crippen LogP contribution in [0.5, 0.6) is 0 Å². The van der Waals surface area contributed by atoms with E-state index >= 15 is 0 Å². The maximum absolute atomic E-state index is 13.2. The summed E-state index contributed by atoms with van der Waals surface area (Å²) in [6.07, 6.45) is 4.07. The van der Waals surface area contributed by atoms with E-state index in [0.29, 0.717) is 6.54 Å². The lowest BCUT2D eigenvalue weighted by atomic mass is 10.0. The summed E-state index contributed by atoms with van der Waals surface area (Å²) < 4.78 is 5.23. The third kappa shape index (κ3) is 8.23. The van der Waals surface area contributed by atoms with Crippen LogP contribution in [-0.4, -0.2) is 47.5 Å². The van der Waals surface area contributed by atoms with Gasteiger partial charge in [-0.15, -0.1) is 0 Å². The van der Waals surface area contributed by atoms with Crippen molar-refractivity contribution in [3.8, 4) is 0 Å². The Morgan fingerprint density at radius 3 is 2.45 bits per heavy atom. The molecule has 172 valence electrons. The number of hydrogen-bond donors (Lipinski definition) is 2. The molecule has 0 radical (unpaired) electrons. The van der Waals surface area contributed by atoms with Gasteiger partial charge in [0.2, 0.25) is 11.8 Å². The number of nitrogens with one attached hydrogen (secondary N) is 2. The number of rotatable bonds is 10. The van der Waals surface area contributed by atoms with Gasteiger partial charge < -0.3 is 20.3 Å². The molecule has 0 bridgehead atoms. The zero-order chi connectivity index (χ0) is 23.0. The number of carbonyl (C=O) groups is 3. The molecule has 31 heavy (non-hydrogen) atoms. The van der Waals surface area contributed by atoms with E-state index in [-0.39, 0.29) is 24.4 Å². The van der Waals surface area contributed by atoms with Crippen LogP contribution in [-0.2, 0) is 14.3 Å². The molecular formula is C24H37N3O4. The average molecular weight is 432 g/mol. The third-order valence-corrected chi connectivity index (χ3v) is 4.98. The molecule has 1 aromatic carbocycles. The van der Waals surface area contributed by atoms with E-state index in [4.69, 9.17) is 4.74 Å². The van der Waals surface area contributed by atoms with Gasteiger partial charge in [0.1, 0.15) is 18.2 Å². The predicted molar refractivity (Wildman–Crippen MR) is 121 cm³/mol. The molecule has 3 amide bonds. The van der Waals surface area contributed by atoms with Gasteiger partial charge in [-0.2, -0.15) is 0 Å². The molecule has 0 aromatic heterocycles. The van der Waals surface area contributed by atoms with Gasteiger partial charge in [-0.05, 0) is 52.5 Å². The number of ether oxygens (including phenoxy) is 1. The Morgan fingerprint density at radius 1 is 1.16 bits per heavy atom. The first kappa shape index (κ1) is 24.7. The summed E-state index contributed by atoms with van der Waals surface area (Å²) in [6, 6.07) is 6.97. The topological polar surface area (TPSA) is 87.7 Å². The van der Waals surface area contributed by atoms with Gasteiger partial charge in [0.25, 0.3) is 0 Å². The summed E-state index contributed by atoms with van der Waals surface area (Å²) >= 11 is 0. The Bertz CT molecular complexity index is 768. The van der Waals surface area contributed by atoms with Crippen molar-refractivity contribution in [1.82, 2.24) is 15.5 Å². The number of aryl methyl sites for hydroxylation is 1. The fraction of sp³-hybridized carbons (Fsp3) is 0.625. The molecule has 0 aliphatic heterocycles. The molecule has 2 rings (SSSR count). The summed E-state index contributed by atoms with van der Waals surface area (Å²) in [6.45, 7) is 9.74. The van der Waals surface area contributed by atoms with Gasteiger partial charge in [0.15, 0.2) is 0 Å². The number of nitrogens with zero attached hydrogens (tertiary/aromatic N) is 1. The van der Waals surface area contributed by atoms with Crippen LogP contribution in [0.4, 0.5) is 4.79 Å². The van der Waals surface area contributed by atoms with Gasteiger partial charge in [0.05, 0.1) is 0 Å². The van der Waals surface area contributed by atoms with Gasteiger partial charge >= 0.3 is 6.09 Å². The van der Waals surface area contributed by atoms with E-state index < -0.39 is 17.7 Å². The maximum Gasteiger partial charge on any atom is 0.408 e. The molecular weight excluding hydrogens is 394 g/mol. The van der Waals surface area contributed by atoms with Crippen LogP contribution in [0.2, 0.25) is 0 Å². The molecule has 1 aliphatic carbocycles. The quantitative estimate of drug-likeness (QED) is 0.551. The van der Waals surface area contributed by atoms with E-state index in [0.717, 1.165) is 43.2 Å². The summed E-state index contributed by atoms with van der Waals surface area (Å²) in [5.41, 5.74) is 1.16. The normalized spacial score (nSPS) is 14.5. The summed E-state index contributed by atoms with van der Waals surface area (Å²) in [7, 11) is 0. The van der Waals surface area contributed by atoms with Crippen molar-refractivity contribution in [3.63, 3.8) is 0 Å². The molecule has 1 saturated carbocycles. The van der Waals surface area contributed by atoms with Gasteiger partial charge in [-0.3, -0.25) is 9.59 Å². The monoisotopic (exact) mass is 431 g/mol. The molecule has 1 aromatic rings. The van der Waals surface area contributed by atoms with Crippen molar-refractivity contribution in [2.75, 3.05) is 13.1 Å². The summed E-state index contributed by atoms with van der Waals surface area (Å²) in [5.74, 6) is -0.470. The molecule has 0 saturated heterocycles. The van der Waals surface area contributed by atoms with Crippen molar-refractivity contribution in [2.45, 2.75) is 84.4 Å². The minimum absolute atomic E-state index is 0.000148. The average Bonchev–Trinajstić information content (AvgIpc) is 3.51. The second kappa shape index (κ2) is 11.2. The van der Waals surface area contributed by atoms with Crippen molar-refractivity contribution in [2.24, 2.45) is 0 Å². The minimum atomic E-state index is -0.720. The van der Waals surface area contributed by atoms with E-state index in [1.165, 1.54) is 0 Å². The molecule has 0 spiro atoms. The highest BCUT2D eigenvalue weighted by Gasteiger charge is 2.41. The van der Waals surface area contributed by atoms with E-state index in [9.17, 15) is 14.4 Å². The zero-order valence-corrected chi connectivity index (χ0v) is 19.5. The second-order valence-electron chi connectivity index (χ2n) is 9.20. The lowest BCUT2D eigenvalue weighted by Gasteiger charge is -2.32. The first-order valence-electron chi connectivity index (χ1n) is 11.2. The van der Waals surface area contributed by atoms with Crippen LogP contribution in [0, 0.1) is 6.92 Å². The summed E-state index contributed by atoms with van der Waals surface area (Å²) in [4.78, 5) is 40.0. The fourth-order valence-electron chi connectivity index (χ4n) is 3.43. The Kier molecular flexibility index (Phi) is 8.89. The second-order valence-corrected chi connectivity index (χ2v) is 9.20. The van der Waals surface area contributed by atoms with Crippen LogP contribution < -0.4 is 10.6 Å². The lowest BCUT2D eigenvalue weighted by Crippen LogP contribution is -2.49.